The zero-order valence-electron chi connectivity index (χ0n) is 14.9. The van der Waals surface area contributed by atoms with Crippen LogP contribution < -0.4 is 4.90 Å². The third-order valence-corrected chi connectivity index (χ3v) is 6.07. The molecule has 0 atom stereocenters. The van der Waals surface area contributed by atoms with E-state index in [1.165, 1.54) is 11.3 Å². The average Bonchev–Trinajstić information content (AvgIpc) is 3.10. The lowest BCUT2D eigenvalue weighted by molar-refractivity contribution is 0.0750. The van der Waals surface area contributed by atoms with Crippen LogP contribution in [0.3, 0.4) is 0 Å². The highest BCUT2D eigenvalue weighted by atomic mass is 35.5. The van der Waals surface area contributed by atoms with Gasteiger partial charge in [0, 0.05) is 54.8 Å². The molecule has 1 aliphatic heterocycles. The maximum absolute atomic E-state index is 13.0. The summed E-state index contributed by atoms with van der Waals surface area (Å²) in [6, 6.07) is 11.7. The Bertz CT molecular complexity index is 952. The number of aryl methyl sites for hydroxylation is 1. The van der Waals surface area contributed by atoms with E-state index in [2.05, 4.69) is 20.9 Å². The van der Waals surface area contributed by atoms with E-state index >= 15 is 0 Å². The van der Waals surface area contributed by atoms with Crippen molar-refractivity contribution in [2.45, 2.75) is 6.92 Å². The molecular weight excluding hydrogens is 380 g/mol. The van der Waals surface area contributed by atoms with Crippen LogP contribution in [0.5, 0.6) is 0 Å². The summed E-state index contributed by atoms with van der Waals surface area (Å²) in [5, 5.41) is 1.57. The first-order valence-electron chi connectivity index (χ1n) is 8.79. The van der Waals surface area contributed by atoms with Gasteiger partial charge in [-0.1, -0.05) is 17.7 Å². The van der Waals surface area contributed by atoms with Gasteiger partial charge in [0.25, 0.3) is 5.91 Å². The van der Waals surface area contributed by atoms with Gasteiger partial charge in [-0.25, -0.2) is 4.98 Å². The highest BCUT2D eigenvalue weighted by molar-refractivity contribution is 7.17. The second-order valence-electron chi connectivity index (χ2n) is 6.43. The van der Waals surface area contributed by atoms with Crippen LogP contribution in [0.15, 0.2) is 48.8 Å². The molecule has 1 saturated heterocycles. The second-order valence-corrected chi connectivity index (χ2v) is 7.87. The Hall–Kier alpha value is -2.44. The van der Waals surface area contributed by atoms with E-state index in [0.29, 0.717) is 18.0 Å². The number of hydrogen-bond donors (Lipinski definition) is 0. The molecule has 0 radical (unpaired) electrons. The molecule has 0 bridgehead atoms. The maximum Gasteiger partial charge on any atom is 0.265 e. The van der Waals surface area contributed by atoms with Crippen molar-refractivity contribution in [3.05, 3.63) is 64.4 Å². The number of hydrogen-bond acceptors (Lipinski definition) is 5. The van der Waals surface area contributed by atoms with Crippen LogP contribution in [-0.4, -0.2) is 47.0 Å². The number of thiazole rings is 1. The summed E-state index contributed by atoms with van der Waals surface area (Å²) in [6.07, 6.45) is 3.51. The fourth-order valence-corrected chi connectivity index (χ4v) is 4.40. The first kappa shape index (κ1) is 17.9. The van der Waals surface area contributed by atoms with Crippen LogP contribution in [0.2, 0.25) is 5.02 Å². The van der Waals surface area contributed by atoms with Gasteiger partial charge in [-0.3, -0.25) is 9.78 Å². The molecule has 4 rings (SSSR count). The fraction of sp³-hybridized carbons (Fsp3) is 0.250. The van der Waals surface area contributed by atoms with E-state index < -0.39 is 0 Å². The topological polar surface area (TPSA) is 49.3 Å². The van der Waals surface area contributed by atoms with E-state index in [1.54, 1.807) is 12.4 Å². The summed E-state index contributed by atoms with van der Waals surface area (Å²) >= 11 is 7.53. The maximum atomic E-state index is 13.0. The molecule has 0 aliphatic carbocycles. The van der Waals surface area contributed by atoms with Crippen molar-refractivity contribution in [3.8, 4) is 10.6 Å². The zero-order valence-corrected chi connectivity index (χ0v) is 16.5. The summed E-state index contributed by atoms with van der Waals surface area (Å²) in [4.78, 5) is 26.6. The van der Waals surface area contributed by atoms with Crippen LogP contribution >= 0.6 is 22.9 Å². The Morgan fingerprint density at radius 2 is 1.96 bits per heavy atom. The van der Waals surface area contributed by atoms with Gasteiger partial charge in [0.15, 0.2) is 0 Å². The summed E-state index contributed by atoms with van der Waals surface area (Å²) in [5.74, 6) is 0.0610. The lowest BCUT2D eigenvalue weighted by atomic mass is 10.2. The molecule has 0 N–H and O–H groups in total. The molecule has 1 fully saturated rings. The number of halogens is 1. The molecule has 5 nitrogen and oxygen atoms in total. The Morgan fingerprint density at radius 1 is 1.15 bits per heavy atom. The highest BCUT2D eigenvalue weighted by Crippen LogP contribution is 2.29. The number of nitrogens with zero attached hydrogens (tertiary/aromatic N) is 4. The minimum Gasteiger partial charge on any atom is -0.368 e. The standard InChI is InChI=1S/C20H19ClN4OS/c1-14-18(27-19(23-14)15-4-3-7-22-13-15)20(26)25-10-8-24(9-11-25)17-6-2-5-16(21)12-17/h2-7,12-13H,8-11H2,1H3. The van der Waals surface area contributed by atoms with Gasteiger partial charge in [-0.2, -0.15) is 0 Å². The molecule has 7 heteroatoms. The number of anilines is 1. The van der Waals surface area contributed by atoms with E-state index in [4.69, 9.17) is 11.6 Å². The number of benzene rings is 1. The Balaban J connectivity index is 1.46. The predicted molar refractivity (Wildman–Crippen MR) is 110 cm³/mol. The van der Waals surface area contributed by atoms with Crippen LogP contribution in [0.25, 0.3) is 10.6 Å². The molecule has 0 unspecified atom stereocenters. The number of amides is 1. The number of carbonyl (C=O) groups is 1. The smallest absolute Gasteiger partial charge is 0.265 e. The molecule has 2 aromatic heterocycles. The summed E-state index contributed by atoms with van der Waals surface area (Å²) in [5.41, 5.74) is 2.82. The number of piperazine rings is 1. The molecule has 0 spiro atoms. The Labute approximate surface area is 167 Å². The SMILES string of the molecule is Cc1nc(-c2cccnc2)sc1C(=O)N1CCN(c2cccc(Cl)c2)CC1. The molecule has 3 heterocycles. The summed E-state index contributed by atoms with van der Waals surface area (Å²) in [6.45, 7) is 4.85. The number of aromatic nitrogens is 2. The van der Waals surface area contributed by atoms with E-state index in [9.17, 15) is 4.79 Å². The number of carbonyl (C=O) groups excluding carboxylic acids is 1. The third-order valence-electron chi connectivity index (χ3n) is 4.64. The number of pyridine rings is 1. The third kappa shape index (κ3) is 3.82. The largest absolute Gasteiger partial charge is 0.368 e. The monoisotopic (exact) mass is 398 g/mol. The van der Waals surface area contributed by atoms with Crippen LogP contribution in [-0.2, 0) is 0 Å². The predicted octanol–water partition coefficient (Wildman–Crippen LogP) is 4.13. The molecule has 1 aliphatic rings. The molecule has 0 saturated carbocycles. The van der Waals surface area contributed by atoms with Crippen LogP contribution in [0.1, 0.15) is 15.4 Å². The van der Waals surface area contributed by atoms with E-state index in [1.807, 2.05) is 42.2 Å². The van der Waals surface area contributed by atoms with Crippen molar-refractivity contribution in [1.82, 2.24) is 14.9 Å². The van der Waals surface area contributed by atoms with Gasteiger partial charge < -0.3 is 9.80 Å². The molecular formula is C20H19ClN4OS. The van der Waals surface area contributed by atoms with Crippen molar-refractivity contribution in [1.29, 1.82) is 0 Å². The van der Waals surface area contributed by atoms with Gasteiger partial charge in [-0.15, -0.1) is 11.3 Å². The van der Waals surface area contributed by atoms with E-state index in [0.717, 1.165) is 40.1 Å². The minimum atomic E-state index is 0.0610. The lowest BCUT2D eigenvalue weighted by Gasteiger charge is -2.36. The lowest BCUT2D eigenvalue weighted by Crippen LogP contribution is -2.48. The van der Waals surface area contributed by atoms with Gasteiger partial charge in [-0.05, 0) is 37.3 Å². The Kier molecular flexibility index (Phi) is 5.09. The summed E-state index contributed by atoms with van der Waals surface area (Å²) < 4.78 is 0. The van der Waals surface area contributed by atoms with Gasteiger partial charge in [0.1, 0.15) is 9.88 Å². The van der Waals surface area contributed by atoms with Crippen molar-refractivity contribution in [2.24, 2.45) is 0 Å². The normalized spacial score (nSPS) is 14.4. The molecule has 138 valence electrons. The zero-order chi connectivity index (χ0) is 18.8. The molecule has 1 amide bonds. The minimum absolute atomic E-state index is 0.0610. The first-order chi connectivity index (χ1) is 13.1. The number of rotatable bonds is 3. The van der Waals surface area contributed by atoms with Crippen molar-refractivity contribution in [2.75, 3.05) is 31.1 Å². The van der Waals surface area contributed by atoms with Gasteiger partial charge in [0.05, 0.1) is 5.69 Å². The van der Waals surface area contributed by atoms with Crippen LogP contribution in [0.4, 0.5) is 5.69 Å². The average molecular weight is 399 g/mol. The quantitative estimate of drug-likeness (QED) is 0.665. The molecule has 1 aromatic carbocycles. The molecule has 3 aromatic rings. The van der Waals surface area contributed by atoms with Crippen molar-refractivity contribution < 1.29 is 4.79 Å². The van der Waals surface area contributed by atoms with Crippen molar-refractivity contribution in [3.63, 3.8) is 0 Å². The van der Waals surface area contributed by atoms with Gasteiger partial charge in [0.2, 0.25) is 0 Å². The first-order valence-corrected chi connectivity index (χ1v) is 9.99. The highest BCUT2D eigenvalue weighted by Gasteiger charge is 2.26. The van der Waals surface area contributed by atoms with Gasteiger partial charge >= 0.3 is 0 Å². The van der Waals surface area contributed by atoms with Crippen LogP contribution in [0, 0.1) is 6.92 Å². The molecule has 27 heavy (non-hydrogen) atoms. The second kappa shape index (κ2) is 7.66. The summed E-state index contributed by atoms with van der Waals surface area (Å²) in [7, 11) is 0. The van der Waals surface area contributed by atoms with E-state index in [-0.39, 0.29) is 5.91 Å². The van der Waals surface area contributed by atoms with Crippen molar-refractivity contribution >= 4 is 34.5 Å². The fourth-order valence-electron chi connectivity index (χ4n) is 3.19. The Morgan fingerprint density at radius 3 is 2.67 bits per heavy atom.